The molecule has 0 fully saturated rings. The summed E-state index contributed by atoms with van der Waals surface area (Å²) in [5.74, 6) is 0.946. The summed E-state index contributed by atoms with van der Waals surface area (Å²) in [7, 11) is 0. The van der Waals surface area contributed by atoms with E-state index >= 15 is 0 Å². The first-order valence-electron chi connectivity index (χ1n) is 5.24. The number of nitrogens with one attached hydrogen (secondary N) is 2. The molecular formula is C12H9BrCl2N2O3. The zero-order valence-electron chi connectivity index (χ0n) is 9.91. The number of carbonyl (C=O) groups is 2. The molecule has 2 amide bonds. The standard InChI is InChI=1S/C12H9BrCl2N2O3/c1-2-3-8(11(18)19)17-12(20)16-7-5-4-6(13)9(14)10(7)15/h1,4-5,8H,3H2,(H,18,19)(H2,16,17,20). The molecule has 0 radical (unpaired) electrons. The summed E-state index contributed by atoms with van der Waals surface area (Å²) in [6, 6.07) is 1.20. The number of urea groups is 1. The van der Waals surface area contributed by atoms with Gasteiger partial charge in [-0.05, 0) is 28.1 Å². The first-order valence-corrected chi connectivity index (χ1v) is 6.79. The van der Waals surface area contributed by atoms with Crippen molar-refractivity contribution in [3.8, 4) is 12.3 Å². The van der Waals surface area contributed by atoms with Crippen LogP contribution in [-0.4, -0.2) is 23.1 Å². The molecule has 1 aromatic carbocycles. The number of carbonyl (C=O) groups excluding carboxylic acids is 1. The topological polar surface area (TPSA) is 78.4 Å². The number of hydrogen-bond acceptors (Lipinski definition) is 2. The van der Waals surface area contributed by atoms with Crippen LogP contribution in [0.4, 0.5) is 10.5 Å². The summed E-state index contributed by atoms with van der Waals surface area (Å²) < 4.78 is 0.575. The SMILES string of the molecule is C#CCC(NC(=O)Nc1ccc(Br)c(Cl)c1Cl)C(=O)O. The van der Waals surface area contributed by atoms with Gasteiger partial charge in [0.1, 0.15) is 6.04 Å². The van der Waals surface area contributed by atoms with E-state index in [4.69, 9.17) is 34.7 Å². The van der Waals surface area contributed by atoms with Crippen molar-refractivity contribution in [1.29, 1.82) is 0 Å². The van der Waals surface area contributed by atoms with Crippen molar-refractivity contribution in [1.82, 2.24) is 5.32 Å². The molecule has 0 aliphatic heterocycles. The molecule has 5 nitrogen and oxygen atoms in total. The van der Waals surface area contributed by atoms with Gasteiger partial charge in [-0.3, -0.25) is 0 Å². The summed E-state index contributed by atoms with van der Waals surface area (Å²) in [6.07, 6.45) is 4.90. The maximum Gasteiger partial charge on any atom is 0.327 e. The van der Waals surface area contributed by atoms with Gasteiger partial charge in [0, 0.05) is 10.9 Å². The van der Waals surface area contributed by atoms with Gasteiger partial charge in [-0.15, -0.1) is 12.3 Å². The third-order valence-electron chi connectivity index (χ3n) is 2.21. The maximum atomic E-state index is 11.7. The second kappa shape index (κ2) is 7.39. The van der Waals surface area contributed by atoms with Gasteiger partial charge in [0.25, 0.3) is 0 Å². The Morgan fingerprint density at radius 2 is 2.05 bits per heavy atom. The fourth-order valence-electron chi connectivity index (χ4n) is 1.26. The van der Waals surface area contributed by atoms with E-state index in [1.165, 1.54) is 6.07 Å². The van der Waals surface area contributed by atoms with Crippen molar-refractivity contribution in [3.05, 3.63) is 26.7 Å². The van der Waals surface area contributed by atoms with Crippen LogP contribution in [-0.2, 0) is 4.79 Å². The van der Waals surface area contributed by atoms with E-state index in [0.29, 0.717) is 4.47 Å². The molecule has 1 unspecified atom stereocenters. The highest BCUT2D eigenvalue weighted by Crippen LogP contribution is 2.35. The number of carboxylic acids is 1. The molecule has 8 heteroatoms. The molecule has 0 aliphatic carbocycles. The Kier molecular flexibility index (Phi) is 6.14. The Morgan fingerprint density at radius 3 is 2.60 bits per heavy atom. The number of halogens is 3. The molecule has 106 valence electrons. The normalized spacial score (nSPS) is 11.3. The number of carboxylic acid groups (broad SMARTS) is 1. The van der Waals surface area contributed by atoms with E-state index in [9.17, 15) is 9.59 Å². The van der Waals surface area contributed by atoms with Crippen molar-refractivity contribution in [2.75, 3.05) is 5.32 Å². The highest BCUT2D eigenvalue weighted by molar-refractivity contribution is 9.10. The molecule has 0 aliphatic rings. The van der Waals surface area contributed by atoms with Crippen LogP contribution >= 0.6 is 39.1 Å². The lowest BCUT2D eigenvalue weighted by Crippen LogP contribution is -2.42. The summed E-state index contributed by atoms with van der Waals surface area (Å²) in [5.41, 5.74) is 0.252. The van der Waals surface area contributed by atoms with Gasteiger partial charge in [0.05, 0.1) is 15.7 Å². The summed E-state index contributed by atoms with van der Waals surface area (Å²) >= 11 is 15.0. The lowest BCUT2D eigenvalue weighted by atomic mass is 10.2. The van der Waals surface area contributed by atoms with E-state index in [1.807, 2.05) is 0 Å². The van der Waals surface area contributed by atoms with Crippen molar-refractivity contribution in [2.24, 2.45) is 0 Å². The van der Waals surface area contributed by atoms with Gasteiger partial charge in [0.2, 0.25) is 0 Å². The van der Waals surface area contributed by atoms with Gasteiger partial charge < -0.3 is 15.7 Å². The average Bonchev–Trinajstić information content (AvgIpc) is 2.39. The van der Waals surface area contributed by atoms with Crippen LogP contribution in [0.1, 0.15) is 6.42 Å². The Bertz CT molecular complexity index is 587. The fraction of sp³-hybridized carbons (Fsp3) is 0.167. The zero-order chi connectivity index (χ0) is 15.3. The van der Waals surface area contributed by atoms with Gasteiger partial charge in [-0.1, -0.05) is 23.2 Å². The number of terminal acetylenes is 1. The third kappa shape index (κ3) is 4.30. The molecule has 0 bridgehead atoms. The minimum atomic E-state index is -1.22. The van der Waals surface area contributed by atoms with Gasteiger partial charge in [-0.25, -0.2) is 9.59 Å². The summed E-state index contributed by atoms with van der Waals surface area (Å²) in [6.45, 7) is 0. The third-order valence-corrected chi connectivity index (χ3v) is 3.98. The Hall–Kier alpha value is -1.42. The van der Waals surface area contributed by atoms with E-state index in [-0.39, 0.29) is 22.2 Å². The quantitative estimate of drug-likeness (QED) is 0.554. The minimum Gasteiger partial charge on any atom is -0.480 e. The number of benzene rings is 1. The largest absolute Gasteiger partial charge is 0.480 e. The first kappa shape index (κ1) is 16.6. The van der Waals surface area contributed by atoms with Crippen LogP contribution in [0.2, 0.25) is 10.0 Å². The molecule has 1 rings (SSSR count). The molecule has 0 saturated carbocycles. The lowest BCUT2D eigenvalue weighted by molar-refractivity contribution is -0.139. The Labute approximate surface area is 133 Å². The summed E-state index contributed by atoms with van der Waals surface area (Å²) in [4.78, 5) is 22.5. The van der Waals surface area contributed by atoms with Crippen LogP contribution in [0.15, 0.2) is 16.6 Å². The van der Waals surface area contributed by atoms with Crippen molar-refractivity contribution < 1.29 is 14.7 Å². The number of rotatable bonds is 4. The highest BCUT2D eigenvalue weighted by Gasteiger charge is 2.19. The van der Waals surface area contributed by atoms with E-state index < -0.39 is 18.0 Å². The second-order valence-corrected chi connectivity index (χ2v) is 5.23. The second-order valence-electron chi connectivity index (χ2n) is 3.62. The lowest BCUT2D eigenvalue weighted by Gasteiger charge is -2.14. The highest BCUT2D eigenvalue weighted by atomic mass is 79.9. The molecule has 0 spiro atoms. The minimum absolute atomic E-state index is 0.127. The monoisotopic (exact) mass is 378 g/mol. The Morgan fingerprint density at radius 1 is 1.40 bits per heavy atom. The smallest absolute Gasteiger partial charge is 0.327 e. The van der Waals surface area contributed by atoms with Crippen LogP contribution < -0.4 is 10.6 Å². The van der Waals surface area contributed by atoms with Gasteiger partial charge in [-0.2, -0.15) is 0 Å². The molecule has 0 heterocycles. The molecule has 0 aromatic heterocycles. The van der Waals surface area contributed by atoms with Crippen LogP contribution in [0.3, 0.4) is 0 Å². The fourth-order valence-corrected chi connectivity index (χ4v) is 2.08. The van der Waals surface area contributed by atoms with Crippen LogP contribution in [0.5, 0.6) is 0 Å². The van der Waals surface area contributed by atoms with E-state index in [1.54, 1.807) is 6.07 Å². The molecule has 3 N–H and O–H groups in total. The number of anilines is 1. The number of amides is 2. The van der Waals surface area contributed by atoms with Crippen LogP contribution in [0, 0.1) is 12.3 Å². The van der Waals surface area contributed by atoms with E-state index in [0.717, 1.165) is 0 Å². The number of hydrogen-bond donors (Lipinski definition) is 3. The molecular weight excluding hydrogens is 371 g/mol. The zero-order valence-corrected chi connectivity index (χ0v) is 13.0. The predicted molar refractivity (Wildman–Crippen MR) is 81.2 cm³/mol. The molecule has 0 saturated heterocycles. The van der Waals surface area contributed by atoms with Crippen molar-refractivity contribution in [2.45, 2.75) is 12.5 Å². The van der Waals surface area contributed by atoms with Gasteiger partial charge in [0.15, 0.2) is 0 Å². The summed E-state index contributed by atoms with van der Waals surface area (Å²) in [5, 5.41) is 13.9. The van der Waals surface area contributed by atoms with Gasteiger partial charge >= 0.3 is 12.0 Å². The molecule has 1 atom stereocenters. The molecule has 1 aromatic rings. The maximum absolute atomic E-state index is 11.7. The molecule has 20 heavy (non-hydrogen) atoms. The predicted octanol–water partition coefficient (Wildman–Crippen LogP) is 3.35. The Balaban J connectivity index is 2.79. The number of aliphatic carboxylic acids is 1. The van der Waals surface area contributed by atoms with E-state index in [2.05, 4.69) is 32.5 Å². The average molecular weight is 380 g/mol. The van der Waals surface area contributed by atoms with Crippen LogP contribution in [0.25, 0.3) is 0 Å². The first-order chi connectivity index (χ1) is 9.36. The van der Waals surface area contributed by atoms with Crippen molar-refractivity contribution in [3.63, 3.8) is 0 Å². The van der Waals surface area contributed by atoms with Crippen molar-refractivity contribution >= 4 is 56.8 Å².